The van der Waals surface area contributed by atoms with E-state index in [1.54, 1.807) is 6.20 Å². The van der Waals surface area contributed by atoms with Crippen LogP contribution in [0, 0.1) is 0 Å². The molecule has 35 heavy (non-hydrogen) atoms. The summed E-state index contributed by atoms with van der Waals surface area (Å²) in [6.45, 7) is 5.20. The summed E-state index contributed by atoms with van der Waals surface area (Å²) in [4.78, 5) is 13.6. The van der Waals surface area contributed by atoms with Crippen LogP contribution < -0.4 is 15.8 Å². The normalized spacial score (nSPS) is 11.2. The van der Waals surface area contributed by atoms with E-state index in [0.717, 1.165) is 39.0 Å². The molecule has 0 fully saturated rings. The van der Waals surface area contributed by atoms with Crippen LogP contribution in [0.15, 0.2) is 85.5 Å². The Bertz CT molecular complexity index is 1440. The van der Waals surface area contributed by atoms with E-state index in [4.69, 9.17) is 15.5 Å². The highest BCUT2D eigenvalue weighted by Gasteiger charge is 2.15. The molecule has 7 heteroatoms. The zero-order valence-electron chi connectivity index (χ0n) is 19.8. The number of hydrogen-bond donors (Lipinski definition) is 2. The summed E-state index contributed by atoms with van der Waals surface area (Å²) in [6.07, 6.45) is 7.60. The van der Waals surface area contributed by atoms with Gasteiger partial charge in [-0.3, -0.25) is 4.98 Å². The second-order valence-corrected chi connectivity index (χ2v) is 8.64. The van der Waals surface area contributed by atoms with Gasteiger partial charge < -0.3 is 20.4 Å². The molecule has 7 nitrogen and oxygen atoms in total. The Labute approximate surface area is 204 Å². The predicted octanol–water partition coefficient (Wildman–Crippen LogP) is 5.86. The minimum Gasteiger partial charge on any atom is -0.487 e. The highest BCUT2D eigenvalue weighted by atomic mass is 16.5. The molecule has 0 saturated heterocycles. The van der Waals surface area contributed by atoms with Crippen LogP contribution in [0.1, 0.15) is 31.0 Å². The third-order valence-electron chi connectivity index (χ3n) is 5.89. The van der Waals surface area contributed by atoms with Crippen LogP contribution in [-0.4, -0.2) is 19.5 Å². The molecule has 0 amide bonds. The molecule has 2 aromatic carbocycles. The average Bonchev–Trinajstić information content (AvgIpc) is 3.29. The van der Waals surface area contributed by atoms with Gasteiger partial charge >= 0.3 is 0 Å². The lowest BCUT2D eigenvalue weighted by atomic mass is 10.1. The van der Waals surface area contributed by atoms with Gasteiger partial charge in [0.05, 0.1) is 23.1 Å². The largest absolute Gasteiger partial charge is 0.487 e. The third-order valence-corrected chi connectivity index (χ3v) is 5.89. The van der Waals surface area contributed by atoms with Gasteiger partial charge in [-0.05, 0) is 49.2 Å². The van der Waals surface area contributed by atoms with Crippen molar-refractivity contribution in [2.75, 3.05) is 5.32 Å². The van der Waals surface area contributed by atoms with Gasteiger partial charge in [0, 0.05) is 42.1 Å². The molecule has 5 rings (SSSR count). The second-order valence-electron chi connectivity index (χ2n) is 8.64. The number of fused-ring (bicyclic) bond motifs is 1. The SMILES string of the molecule is CC(C)n1cc(-c2ccnc(Nc3cc(CN)ccc3OCc3ccccc3)n2)c2ccncc21. The van der Waals surface area contributed by atoms with Crippen LogP contribution >= 0.6 is 0 Å². The standard InChI is InChI=1S/C28H28N6O/c1-19(2)34-17-23(22-10-12-30-16-26(22)34)24-11-13-31-28(32-24)33-25-14-21(15-29)8-9-27(25)35-18-20-6-4-3-5-7-20/h3-14,16-17,19H,15,18,29H2,1-2H3,(H,31,32,33). The van der Waals surface area contributed by atoms with Gasteiger partial charge in [-0.25, -0.2) is 9.97 Å². The van der Waals surface area contributed by atoms with E-state index in [0.29, 0.717) is 30.9 Å². The molecule has 0 saturated carbocycles. The molecule has 0 radical (unpaired) electrons. The van der Waals surface area contributed by atoms with E-state index in [2.05, 4.69) is 39.9 Å². The Morgan fingerprint density at radius 3 is 2.66 bits per heavy atom. The quantitative estimate of drug-likeness (QED) is 0.299. The zero-order valence-corrected chi connectivity index (χ0v) is 19.8. The van der Waals surface area contributed by atoms with Gasteiger partial charge in [0.2, 0.25) is 5.95 Å². The Morgan fingerprint density at radius 1 is 1.00 bits per heavy atom. The Morgan fingerprint density at radius 2 is 1.86 bits per heavy atom. The van der Waals surface area contributed by atoms with E-state index < -0.39 is 0 Å². The molecule has 0 atom stereocenters. The lowest BCUT2D eigenvalue weighted by Gasteiger charge is -2.14. The lowest BCUT2D eigenvalue weighted by molar-refractivity contribution is 0.308. The first kappa shape index (κ1) is 22.6. The van der Waals surface area contributed by atoms with Crippen molar-refractivity contribution < 1.29 is 4.74 Å². The minimum absolute atomic E-state index is 0.304. The number of benzene rings is 2. The summed E-state index contributed by atoms with van der Waals surface area (Å²) in [5.41, 5.74) is 11.7. The number of nitrogens with zero attached hydrogens (tertiary/aromatic N) is 4. The van der Waals surface area contributed by atoms with Gasteiger partial charge in [-0.2, -0.15) is 0 Å². The summed E-state index contributed by atoms with van der Waals surface area (Å²) in [5.74, 6) is 1.20. The van der Waals surface area contributed by atoms with Crippen molar-refractivity contribution >= 4 is 22.5 Å². The number of aromatic nitrogens is 4. The van der Waals surface area contributed by atoms with Crippen LogP contribution in [-0.2, 0) is 13.2 Å². The van der Waals surface area contributed by atoms with E-state index in [1.165, 1.54) is 0 Å². The molecule has 0 aliphatic heterocycles. The van der Waals surface area contributed by atoms with Gasteiger partial charge in [0.1, 0.15) is 12.4 Å². The van der Waals surface area contributed by atoms with Crippen LogP contribution in [0.2, 0.25) is 0 Å². The summed E-state index contributed by atoms with van der Waals surface area (Å²) >= 11 is 0. The number of nitrogens with one attached hydrogen (secondary N) is 1. The van der Waals surface area contributed by atoms with Gasteiger partial charge in [0.25, 0.3) is 0 Å². The van der Waals surface area contributed by atoms with Crippen molar-refractivity contribution in [1.82, 2.24) is 19.5 Å². The number of anilines is 2. The minimum atomic E-state index is 0.304. The molecule has 176 valence electrons. The molecule has 0 aliphatic rings. The monoisotopic (exact) mass is 464 g/mol. The molecule has 3 aromatic heterocycles. The molecule has 3 heterocycles. The van der Waals surface area contributed by atoms with Gasteiger partial charge in [-0.1, -0.05) is 36.4 Å². The lowest BCUT2D eigenvalue weighted by Crippen LogP contribution is -2.04. The maximum Gasteiger partial charge on any atom is 0.227 e. The van der Waals surface area contributed by atoms with Crippen molar-refractivity contribution in [3.8, 4) is 17.0 Å². The van der Waals surface area contributed by atoms with Gasteiger partial charge in [-0.15, -0.1) is 0 Å². The molecule has 0 bridgehead atoms. The predicted molar refractivity (Wildman–Crippen MR) is 140 cm³/mol. The van der Waals surface area contributed by atoms with Crippen molar-refractivity contribution in [2.24, 2.45) is 5.73 Å². The molecule has 0 aliphatic carbocycles. The van der Waals surface area contributed by atoms with Crippen molar-refractivity contribution in [1.29, 1.82) is 0 Å². The fraction of sp³-hybridized carbons (Fsp3) is 0.179. The number of ether oxygens (including phenoxy) is 1. The van der Waals surface area contributed by atoms with Gasteiger partial charge in [0.15, 0.2) is 0 Å². The van der Waals surface area contributed by atoms with E-state index >= 15 is 0 Å². The van der Waals surface area contributed by atoms with Crippen LogP contribution in [0.4, 0.5) is 11.6 Å². The summed E-state index contributed by atoms with van der Waals surface area (Å²) in [6, 6.07) is 20.2. The summed E-state index contributed by atoms with van der Waals surface area (Å²) in [5, 5.41) is 4.46. The second kappa shape index (κ2) is 9.95. The summed E-state index contributed by atoms with van der Waals surface area (Å²) < 4.78 is 8.34. The highest BCUT2D eigenvalue weighted by Crippen LogP contribution is 2.33. The number of rotatable bonds is 8. The third kappa shape index (κ3) is 4.85. The Balaban J connectivity index is 1.47. The first-order valence-corrected chi connectivity index (χ1v) is 11.7. The average molecular weight is 465 g/mol. The molecule has 3 N–H and O–H groups in total. The molecule has 0 spiro atoms. The maximum atomic E-state index is 6.13. The first-order chi connectivity index (χ1) is 17.1. The first-order valence-electron chi connectivity index (χ1n) is 11.7. The molecule has 5 aromatic rings. The zero-order chi connectivity index (χ0) is 24.2. The van der Waals surface area contributed by atoms with E-state index in [-0.39, 0.29) is 0 Å². The van der Waals surface area contributed by atoms with Crippen molar-refractivity contribution in [3.05, 3.63) is 96.6 Å². The van der Waals surface area contributed by atoms with E-state index in [1.807, 2.05) is 73.1 Å². The number of pyridine rings is 1. The van der Waals surface area contributed by atoms with Crippen LogP contribution in [0.5, 0.6) is 5.75 Å². The van der Waals surface area contributed by atoms with Crippen LogP contribution in [0.25, 0.3) is 22.2 Å². The number of hydrogen-bond acceptors (Lipinski definition) is 6. The van der Waals surface area contributed by atoms with Crippen molar-refractivity contribution in [3.63, 3.8) is 0 Å². The topological polar surface area (TPSA) is 90.9 Å². The fourth-order valence-electron chi connectivity index (χ4n) is 4.08. The molecule has 0 unspecified atom stereocenters. The summed E-state index contributed by atoms with van der Waals surface area (Å²) in [7, 11) is 0. The highest BCUT2D eigenvalue weighted by molar-refractivity contribution is 5.94. The smallest absolute Gasteiger partial charge is 0.227 e. The fourth-order valence-corrected chi connectivity index (χ4v) is 4.08. The Kier molecular flexibility index (Phi) is 6.41. The molecular formula is C28H28N6O. The van der Waals surface area contributed by atoms with Crippen molar-refractivity contribution in [2.45, 2.75) is 33.0 Å². The van der Waals surface area contributed by atoms with Crippen LogP contribution in [0.3, 0.4) is 0 Å². The maximum absolute atomic E-state index is 6.13. The Hall–Kier alpha value is -4.23. The van der Waals surface area contributed by atoms with E-state index in [9.17, 15) is 0 Å². The molecular weight excluding hydrogens is 436 g/mol. The number of nitrogens with two attached hydrogens (primary N) is 1.